The maximum absolute atomic E-state index is 12.8. The van der Waals surface area contributed by atoms with Crippen LogP contribution in [0, 0.1) is 5.92 Å². The summed E-state index contributed by atoms with van der Waals surface area (Å²) in [5.41, 5.74) is 8.92. The van der Waals surface area contributed by atoms with Gasteiger partial charge in [0.2, 0.25) is 5.91 Å². The first-order valence-corrected chi connectivity index (χ1v) is 14.0. The van der Waals surface area contributed by atoms with E-state index < -0.39 is 0 Å². The number of carbonyl (C=O) groups excluding carboxylic acids is 1. The topological polar surface area (TPSA) is 128 Å². The molecule has 1 saturated heterocycles. The summed E-state index contributed by atoms with van der Waals surface area (Å²) in [4.78, 5) is 32.8. The van der Waals surface area contributed by atoms with Gasteiger partial charge in [-0.25, -0.2) is 15.0 Å². The van der Waals surface area contributed by atoms with Gasteiger partial charge in [0.1, 0.15) is 17.9 Å². The molecule has 0 aliphatic carbocycles. The molecule has 2 atom stereocenters. The molecule has 2 unspecified atom stereocenters. The van der Waals surface area contributed by atoms with Crippen LogP contribution in [-0.2, 0) is 16.1 Å². The minimum atomic E-state index is -0.0263. The van der Waals surface area contributed by atoms with Crippen LogP contribution in [0.4, 0.5) is 5.82 Å². The number of amides is 1. The van der Waals surface area contributed by atoms with Crippen LogP contribution < -0.4 is 15.8 Å². The van der Waals surface area contributed by atoms with Gasteiger partial charge in [0, 0.05) is 36.7 Å². The highest BCUT2D eigenvalue weighted by atomic mass is 16.5. The Kier molecular flexibility index (Phi) is 10.4. The fourth-order valence-electron chi connectivity index (χ4n) is 4.86. The van der Waals surface area contributed by atoms with Gasteiger partial charge in [0.25, 0.3) is 0 Å². The van der Waals surface area contributed by atoms with Gasteiger partial charge < -0.3 is 20.5 Å². The number of piperidine rings is 1. The van der Waals surface area contributed by atoms with Gasteiger partial charge in [-0.15, -0.1) is 0 Å². The molecule has 2 aromatic heterocycles. The number of nitrogens with zero attached hydrogens (tertiary/aromatic N) is 5. The van der Waals surface area contributed by atoms with Crippen molar-refractivity contribution in [2.45, 2.75) is 65.0 Å². The molecule has 1 aliphatic rings. The first kappa shape index (κ1) is 28.6. The Morgan fingerprint density at radius 3 is 2.72 bits per heavy atom. The molecule has 1 aromatic carbocycles. The van der Waals surface area contributed by atoms with Crippen molar-refractivity contribution in [3.63, 3.8) is 0 Å². The van der Waals surface area contributed by atoms with Crippen molar-refractivity contribution >= 4 is 22.8 Å². The van der Waals surface area contributed by atoms with Gasteiger partial charge in [0.15, 0.2) is 11.6 Å². The van der Waals surface area contributed by atoms with Crippen LogP contribution in [-0.4, -0.2) is 70.1 Å². The molecule has 10 heteroatoms. The summed E-state index contributed by atoms with van der Waals surface area (Å²) in [7, 11) is 2.03. The normalized spacial score (nSPS) is 16.7. The lowest BCUT2D eigenvalue weighted by Gasteiger charge is -2.31. The quantitative estimate of drug-likeness (QED) is 0.312. The average molecular weight is 536 g/mol. The summed E-state index contributed by atoms with van der Waals surface area (Å²) >= 11 is 0. The molecular formula is C29H41N7O3. The van der Waals surface area contributed by atoms with Crippen LogP contribution in [0.3, 0.4) is 0 Å². The van der Waals surface area contributed by atoms with Gasteiger partial charge in [-0.3, -0.25) is 14.7 Å². The van der Waals surface area contributed by atoms with Crippen molar-refractivity contribution in [2.24, 2.45) is 5.92 Å². The number of anilines is 1. The SMILES string of the molecule is CCCOCc1ncc(-c2ccc3ncc(N)nc3c2OCCC(CC)CNC(=O)C2CCCCN2C)cn1. The highest BCUT2D eigenvalue weighted by molar-refractivity contribution is 5.90. The van der Waals surface area contributed by atoms with Crippen LogP contribution in [0.5, 0.6) is 5.75 Å². The third kappa shape index (κ3) is 7.60. The lowest BCUT2D eigenvalue weighted by Crippen LogP contribution is -2.48. The number of nitrogens with one attached hydrogen (secondary N) is 1. The number of carbonyl (C=O) groups is 1. The Hall–Kier alpha value is -3.37. The first-order valence-electron chi connectivity index (χ1n) is 14.0. The molecule has 0 radical (unpaired) electrons. The Morgan fingerprint density at radius 2 is 1.97 bits per heavy atom. The zero-order valence-corrected chi connectivity index (χ0v) is 23.4. The van der Waals surface area contributed by atoms with E-state index in [-0.39, 0.29) is 11.9 Å². The fraction of sp³-hybridized carbons (Fsp3) is 0.552. The molecule has 1 amide bonds. The van der Waals surface area contributed by atoms with E-state index in [0.717, 1.165) is 56.2 Å². The van der Waals surface area contributed by atoms with E-state index in [4.69, 9.17) is 15.2 Å². The number of nitrogens with two attached hydrogens (primary N) is 1. The number of nitrogen functional groups attached to an aromatic ring is 1. The molecule has 0 spiro atoms. The number of hydrogen-bond donors (Lipinski definition) is 2. The summed E-state index contributed by atoms with van der Waals surface area (Å²) in [6.07, 6.45) is 11.0. The van der Waals surface area contributed by atoms with E-state index in [1.54, 1.807) is 18.6 Å². The second-order valence-electron chi connectivity index (χ2n) is 10.2. The van der Waals surface area contributed by atoms with E-state index in [2.05, 4.69) is 44.0 Å². The lowest BCUT2D eigenvalue weighted by atomic mass is 10.0. The maximum atomic E-state index is 12.8. The zero-order valence-electron chi connectivity index (χ0n) is 23.4. The monoisotopic (exact) mass is 535 g/mol. The number of hydrogen-bond acceptors (Lipinski definition) is 9. The predicted octanol–water partition coefficient (Wildman–Crippen LogP) is 3.99. The summed E-state index contributed by atoms with van der Waals surface area (Å²) in [6.45, 7) is 7.33. The zero-order chi connectivity index (χ0) is 27.6. The Labute approximate surface area is 230 Å². The van der Waals surface area contributed by atoms with Crippen molar-refractivity contribution < 1.29 is 14.3 Å². The largest absolute Gasteiger partial charge is 0.491 e. The van der Waals surface area contributed by atoms with Gasteiger partial charge in [-0.1, -0.05) is 26.7 Å². The van der Waals surface area contributed by atoms with E-state index in [1.807, 2.05) is 19.2 Å². The molecule has 3 aromatic rings. The highest BCUT2D eigenvalue weighted by Crippen LogP contribution is 2.35. The second-order valence-corrected chi connectivity index (χ2v) is 10.2. The fourth-order valence-corrected chi connectivity index (χ4v) is 4.86. The number of ether oxygens (including phenoxy) is 2. The highest BCUT2D eigenvalue weighted by Gasteiger charge is 2.26. The van der Waals surface area contributed by atoms with E-state index in [9.17, 15) is 4.79 Å². The average Bonchev–Trinajstić information content (AvgIpc) is 2.95. The molecule has 1 aliphatic heterocycles. The molecule has 39 heavy (non-hydrogen) atoms. The van der Waals surface area contributed by atoms with Gasteiger partial charge in [-0.05, 0) is 57.3 Å². The van der Waals surface area contributed by atoms with Crippen molar-refractivity contribution in [2.75, 3.05) is 39.1 Å². The molecule has 210 valence electrons. The molecule has 0 saturated carbocycles. The van der Waals surface area contributed by atoms with Crippen LogP contribution in [0.1, 0.15) is 58.2 Å². The van der Waals surface area contributed by atoms with Crippen LogP contribution in [0.2, 0.25) is 0 Å². The Balaban J connectivity index is 1.45. The van der Waals surface area contributed by atoms with Crippen LogP contribution >= 0.6 is 0 Å². The first-order chi connectivity index (χ1) is 19.0. The smallest absolute Gasteiger partial charge is 0.237 e. The Bertz CT molecular complexity index is 1220. The van der Waals surface area contributed by atoms with E-state index in [0.29, 0.717) is 60.7 Å². The summed E-state index contributed by atoms with van der Waals surface area (Å²) in [5.74, 6) is 1.98. The van der Waals surface area contributed by atoms with E-state index in [1.165, 1.54) is 0 Å². The Morgan fingerprint density at radius 1 is 1.15 bits per heavy atom. The van der Waals surface area contributed by atoms with Crippen LogP contribution in [0.15, 0.2) is 30.7 Å². The number of aromatic nitrogens is 4. The number of likely N-dealkylation sites (N-methyl/N-ethyl adjacent to an activating group) is 1. The second kappa shape index (κ2) is 14.1. The van der Waals surface area contributed by atoms with Gasteiger partial charge >= 0.3 is 0 Å². The lowest BCUT2D eigenvalue weighted by molar-refractivity contribution is -0.127. The third-order valence-electron chi connectivity index (χ3n) is 7.27. The van der Waals surface area contributed by atoms with E-state index >= 15 is 0 Å². The number of fused-ring (bicyclic) bond motifs is 1. The molecule has 4 rings (SSSR count). The van der Waals surface area contributed by atoms with Crippen molar-refractivity contribution in [1.29, 1.82) is 0 Å². The van der Waals surface area contributed by atoms with Crippen molar-refractivity contribution in [3.05, 3.63) is 36.5 Å². The molecular weight excluding hydrogens is 494 g/mol. The van der Waals surface area contributed by atoms with Gasteiger partial charge in [0.05, 0.1) is 24.4 Å². The number of likely N-dealkylation sites (tertiary alicyclic amines) is 1. The number of benzene rings is 1. The summed E-state index contributed by atoms with van der Waals surface area (Å²) in [6, 6.07) is 3.82. The predicted molar refractivity (Wildman–Crippen MR) is 152 cm³/mol. The van der Waals surface area contributed by atoms with Crippen molar-refractivity contribution in [3.8, 4) is 16.9 Å². The molecule has 10 nitrogen and oxygen atoms in total. The number of rotatable bonds is 13. The van der Waals surface area contributed by atoms with Crippen molar-refractivity contribution in [1.82, 2.24) is 30.2 Å². The minimum absolute atomic E-state index is 0.0263. The standard InChI is InChI=1S/C29H41N7O3/c1-4-13-38-19-26-32-16-21(17-33-26)22-9-10-23-27(35-25(30)18-31-23)28(22)39-14-11-20(5-2)15-34-29(37)24-8-6-7-12-36(24)3/h9-10,16-18,20,24H,4-8,11-15,19H2,1-3H3,(H2,30,35)(H,34,37). The summed E-state index contributed by atoms with van der Waals surface area (Å²) in [5, 5.41) is 3.18. The van der Waals surface area contributed by atoms with Crippen LogP contribution in [0.25, 0.3) is 22.2 Å². The maximum Gasteiger partial charge on any atom is 0.237 e. The molecule has 0 bridgehead atoms. The molecule has 1 fully saturated rings. The third-order valence-corrected chi connectivity index (χ3v) is 7.27. The van der Waals surface area contributed by atoms with Gasteiger partial charge in [-0.2, -0.15) is 0 Å². The molecule has 3 N–H and O–H groups in total. The molecule has 3 heterocycles. The minimum Gasteiger partial charge on any atom is -0.491 e. The summed E-state index contributed by atoms with van der Waals surface area (Å²) < 4.78 is 11.9.